The SMILES string of the molecule is c1ccc(C2(c3ccccc3)c3cc(-c4ccc5c6c4ccc4cccc(c46)CC5)ccc3-c3ccc(-c4ccc5ccc6cccc7ccc4c5c67)cc32)cc1. The Labute approximate surface area is 331 Å². The molecule has 2 aliphatic carbocycles. The second-order valence-corrected chi connectivity index (χ2v) is 16.2. The molecule has 13 rings (SSSR count). The van der Waals surface area contributed by atoms with Gasteiger partial charge in [-0.15, -0.1) is 0 Å². The van der Waals surface area contributed by atoms with E-state index in [1.165, 1.54) is 121 Å². The minimum atomic E-state index is -0.524. The second-order valence-electron chi connectivity index (χ2n) is 16.2. The van der Waals surface area contributed by atoms with E-state index in [-0.39, 0.29) is 0 Å². The van der Waals surface area contributed by atoms with Gasteiger partial charge in [0.05, 0.1) is 5.41 Å². The monoisotopic (exact) mass is 720 g/mol. The zero-order valence-corrected chi connectivity index (χ0v) is 31.4. The molecule has 0 unspecified atom stereocenters. The van der Waals surface area contributed by atoms with Gasteiger partial charge in [-0.05, 0) is 146 Å². The van der Waals surface area contributed by atoms with Gasteiger partial charge in [0.25, 0.3) is 0 Å². The van der Waals surface area contributed by atoms with Crippen molar-refractivity contribution < 1.29 is 0 Å². The first kappa shape index (κ1) is 31.2. The summed E-state index contributed by atoms with van der Waals surface area (Å²) in [5.74, 6) is 0. The lowest BCUT2D eigenvalue weighted by molar-refractivity contribution is 0.769. The molecule has 0 heteroatoms. The molecule has 264 valence electrons. The molecule has 0 aliphatic heterocycles. The summed E-state index contributed by atoms with van der Waals surface area (Å²) in [6.07, 6.45) is 2.19. The maximum atomic E-state index is 2.53. The standard InChI is InChI=1S/C57H36/c1-3-13-43(14-4-1)57(44-15-5-2-6-16-44)51-33-41(45-27-21-39-19-17-35-9-7-11-37-23-31-49(45)55(39)53(35)37)25-29-47(51)48-30-26-42(34-52(48)57)46-28-22-40-20-18-36-10-8-12-38-24-32-50(46)56(40)54(36)38/h1-17,19,21-34H,18,20H2. The summed E-state index contributed by atoms with van der Waals surface area (Å²) in [6.45, 7) is 0. The lowest BCUT2D eigenvalue weighted by Crippen LogP contribution is -2.28. The quantitative estimate of drug-likeness (QED) is 0.159. The molecule has 0 bridgehead atoms. The van der Waals surface area contributed by atoms with Crippen LogP contribution in [0.3, 0.4) is 0 Å². The van der Waals surface area contributed by atoms with Gasteiger partial charge in [0, 0.05) is 0 Å². The number of hydrogen-bond acceptors (Lipinski definition) is 0. The van der Waals surface area contributed by atoms with Crippen molar-refractivity contribution in [3.8, 4) is 33.4 Å². The topological polar surface area (TPSA) is 0 Å². The van der Waals surface area contributed by atoms with Crippen LogP contribution in [0.15, 0.2) is 194 Å². The van der Waals surface area contributed by atoms with Crippen molar-refractivity contribution in [1.82, 2.24) is 0 Å². The van der Waals surface area contributed by atoms with E-state index in [9.17, 15) is 0 Å². The van der Waals surface area contributed by atoms with Crippen molar-refractivity contribution in [1.29, 1.82) is 0 Å². The van der Waals surface area contributed by atoms with Crippen LogP contribution in [0.4, 0.5) is 0 Å². The first-order valence-corrected chi connectivity index (χ1v) is 20.3. The summed E-state index contributed by atoms with van der Waals surface area (Å²) >= 11 is 0. The van der Waals surface area contributed by atoms with Gasteiger partial charge in [0.1, 0.15) is 0 Å². The third kappa shape index (κ3) is 4.17. The Hall–Kier alpha value is -7.02. The molecule has 0 radical (unpaired) electrons. The Morgan fingerprint density at radius 3 is 1.37 bits per heavy atom. The van der Waals surface area contributed by atoms with E-state index < -0.39 is 5.41 Å². The van der Waals surface area contributed by atoms with E-state index in [4.69, 9.17) is 0 Å². The minimum absolute atomic E-state index is 0.524. The fourth-order valence-electron chi connectivity index (χ4n) is 11.1. The number of rotatable bonds is 4. The Kier molecular flexibility index (Phi) is 6.30. The average molecular weight is 721 g/mol. The van der Waals surface area contributed by atoms with Crippen molar-refractivity contribution in [2.45, 2.75) is 18.3 Å². The van der Waals surface area contributed by atoms with E-state index in [0.717, 1.165) is 12.8 Å². The molecule has 0 amide bonds. The first-order valence-electron chi connectivity index (χ1n) is 20.3. The number of benzene rings is 11. The third-order valence-corrected chi connectivity index (χ3v) is 13.6. The van der Waals surface area contributed by atoms with Crippen molar-refractivity contribution in [2.75, 3.05) is 0 Å². The molecule has 0 nitrogen and oxygen atoms in total. The normalized spacial score (nSPS) is 14.0. The molecule has 57 heavy (non-hydrogen) atoms. The van der Waals surface area contributed by atoms with Crippen LogP contribution in [0, 0.1) is 0 Å². The molecular weight excluding hydrogens is 685 g/mol. The number of aryl methyl sites for hydroxylation is 2. The van der Waals surface area contributed by atoms with E-state index in [1.807, 2.05) is 0 Å². The van der Waals surface area contributed by atoms with Crippen molar-refractivity contribution in [3.63, 3.8) is 0 Å². The highest BCUT2D eigenvalue weighted by Gasteiger charge is 2.46. The molecule has 0 spiro atoms. The zero-order chi connectivity index (χ0) is 37.2. The Morgan fingerprint density at radius 1 is 0.298 bits per heavy atom. The fraction of sp³-hybridized carbons (Fsp3) is 0.0526. The Morgan fingerprint density at radius 2 is 0.754 bits per heavy atom. The zero-order valence-electron chi connectivity index (χ0n) is 31.4. The molecule has 0 aromatic heterocycles. The van der Waals surface area contributed by atoms with Crippen LogP contribution in [0.25, 0.3) is 87.2 Å². The van der Waals surface area contributed by atoms with Gasteiger partial charge in [0.15, 0.2) is 0 Å². The molecule has 0 saturated carbocycles. The van der Waals surface area contributed by atoms with Crippen molar-refractivity contribution in [3.05, 3.63) is 228 Å². The molecular formula is C57H36. The molecule has 0 saturated heterocycles. The molecule has 11 aromatic carbocycles. The molecule has 2 aliphatic rings. The molecule has 0 atom stereocenters. The maximum absolute atomic E-state index is 2.53. The average Bonchev–Trinajstić information content (AvgIpc) is 3.57. The molecule has 0 fully saturated rings. The lowest BCUT2D eigenvalue weighted by atomic mass is 9.67. The van der Waals surface area contributed by atoms with Crippen LogP contribution >= 0.6 is 0 Å². The highest BCUT2D eigenvalue weighted by molar-refractivity contribution is 6.25. The molecule has 11 aromatic rings. The largest absolute Gasteiger partial charge is 0.0713 e. The second kappa shape index (κ2) is 11.5. The Bertz CT molecular complexity index is 3390. The maximum Gasteiger partial charge on any atom is 0.0713 e. The lowest BCUT2D eigenvalue weighted by Gasteiger charge is -2.34. The van der Waals surface area contributed by atoms with Crippen LogP contribution < -0.4 is 0 Å². The van der Waals surface area contributed by atoms with Crippen LogP contribution in [-0.4, -0.2) is 0 Å². The fourth-order valence-corrected chi connectivity index (χ4v) is 11.1. The number of hydrogen-bond donors (Lipinski definition) is 0. The van der Waals surface area contributed by atoms with Gasteiger partial charge in [-0.25, -0.2) is 0 Å². The summed E-state index contributed by atoms with van der Waals surface area (Å²) in [5, 5.41) is 13.5. The molecule has 0 heterocycles. The van der Waals surface area contributed by atoms with Crippen LogP contribution in [0.5, 0.6) is 0 Å². The van der Waals surface area contributed by atoms with Gasteiger partial charge in [-0.1, -0.05) is 182 Å². The van der Waals surface area contributed by atoms with E-state index >= 15 is 0 Å². The van der Waals surface area contributed by atoms with Gasteiger partial charge in [-0.2, -0.15) is 0 Å². The minimum Gasteiger partial charge on any atom is -0.0622 e. The predicted octanol–water partition coefficient (Wildman–Crippen LogP) is 14.7. The summed E-state index contributed by atoms with van der Waals surface area (Å²) < 4.78 is 0. The smallest absolute Gasteiger partial charge is 0.0622 e. The third-order valence-electron chi connectivity index (χ3n) is 13.6. The van der Waals surface area contributed by atoms with Crippen LogP contribution in [-0.2, 0) is 18.3 Å². The summed E-state index contributed by atoms with van der Waals surface area (Å²) in [5.41, 5.74) is 15.3. The highest BCUT2D eigenvalue weighted by Crippen LogP contribution is 2.58. The van der Waals surface area contributed by atoms with E-state index in [0.29, 0.717) is 0 Å². The summed E-state index contributed by atoms with van der Waals surface area (Å²) in [6, 6.07) is 73.9. The summed E-state index contributed by atoms with van der Waals surface area (Å²) in [7, 11) is 0. The van der Waals surface area contributed by atoms with Crippen LogP contribution in [0.1, 0.15) is 33.4 Å². The molecule has 0 N–H and O–H groups in total. The highest BCUT2D eigenvalue weighted by atomic mass is 14.5. The number of fused-ring (bicyclic) bond motifs is 3. The van der Waals surface area contributed by atoms with Crippen molar-refractivity contribution in [2.24, 2.45) is 0 Å². The van der Waals surface area contributed by atoms with Gasteiger partial charge in [-0.3, -0.25) is 0 Å². The van der Waals surface area contributed by atoms with E-state index in [2.05, 4.69) is 194 Å². The van der Waals surface area contributed by atoms with Crippen LogP contribution in [0.2, 0.25) is 0 Å². The van der Waals surface area contributed by atoms with E-state index in [1.54, 1.807) is 0 Å². The van der Waals surface area contributed by atoms with Crippen molar-refractivity contribution >= 4 is 53.9 Å². The Balaban J connectivity index is 1.09. The van der Waals surface area contributed by atoms with Gasteiger partial charge < -0.3 is 0 Å². The first-order chi connectivity index (χ1) is 28.3. The van der Waals surface area contributed by atoms with Gasteiger partial charge in [0.2, 0.25) is 0 Å². The summed E-state index contributed by atoms with van der Waals surface area (Å²) in [4.78, 5) is 0. The predicted molar refractivity (Wildman–Crippen MR) is 241 cm³/mol. The van der Waals surface area contributed by atoms with Gasteiger partial charge >= 0.3 is 0 Å².